The van der Waals surface area contributed by atoms with Gasteiger partial charge in [-0.3, -0.25) is 4.99 Å². The Bertz CT molecular complexity index is 763. The summed E-state index contributed by atoms with van der Waals surface area (Å²) in [6.07, 6.45) is 0. The SMILES string of the molecule is C=C1CN=C(c2ccc(O)cc2)c2cc(OC)ccc2N1CC. The predicted octanol–water partition coefficient (Wildman–Crippen LogP) is 3.59. The van der Waals surface area contributed by atoms with Crippen molar-refractivity contribution < 1.29 is 9.84 Å². The number of likely N-dealkylation sites (N-methyl/N-ethyl adjacent to an activating group) is 1. The van der Waals surface area contributed by atoms with Gasteiger partial charge in [-0.1, -0.05) is 6.58 Å². The molecule has 0 unspecified atom stereocenters. The van der Waals surface area contributed by atoms with Crippen LogP contribution in [0.25, 0.3) is 0 Å². The van der Waals surface area contributed by atoms with E-state index in [1.54, 1.807) is 19.2 Å². The van der Waals surface area contributed by atoms with E-state index in [1.807, 2.05) is 30.3 Å². The van der Waals surface area contributed by atoms with Crippen LogP contribution in [0.15, 0.2) is 59.7 Å². The second-order valence-electron chi connectivity index (χ2n) is 5.41. The number of hydrogen-bond acceptors (Lipinski definition) is 4. The van der Waals surface area contributed by atoms with Crippen LogP contribution >= 0.6 is 0 Å². The van der Waals surface area contributed by atoms with Crippen LogP contribution in [0.1, 0.15) is 18.1 Å². The second-order valence-corrected chi connectivity index (χ2v) is 5.41. The third-order valence-electron chi connectivity index (χ3n) is 4.01. The average Bonchev–Trinajstić information content (AvgIpc) is 2.71. The van der Waals surface area contributed by atoms with Gasteiger partial charge in [0.25, 0.3) is 0 Å². The zero-order valence-electron chi connectivity index (χ0n) is 13.4. The number of fused-ring (bicyclic) bond motifs is 1. The molecule has 0 amide bonds. The number of aromatic hydroxyl groups is 1. The summed E-state index contributed by atoms with van der Waals surface area (Å²) < 4.78 is 5.38. The van der Waals surface area contributed by atoms with Crippen molar-refractivity contribution in [2.45, 2.75) is 6.92 Å². The standard InChI is InChI=1S/C19H20N2O2/c1-4-21-13(2)12-20-19(14-5-7-15(22)8-6-14)17-11-16(23-3)9-10-18(17)21/h5-11,22H,2,4,12H2,1,3H3. The van der Waals surface area contributed by atoms with E-state index in [2.05, 4.69) is 18.4 Å². The first-order valence-corrected chi connectivity index (χ1v) is 7.61. The number of ether oxygens (including phenoxy) is 1. The van der Waals surface area contributed by atoms with E-state index in [-0.39, 0.29) is 5.75 Å². The Hall–Kier alpha value is -2.75. The molecular formula is C19H20N2O2. The van der Waals surface area contributed by atoms with Crippen molar-refractivity contribution in [3.05, 3.63) is 65.9 Å². The number of anilines is 1. The largest absolute Gasteiger partial charge is 0.508 e. The van der Waals surface area contributed by atoms with Crippen molar-refractivity contribution in [2.75, 3.05) is 25.1 Å². The lowest BCUT2D eigenvalue weighted by molar-refractivity contribution is 0.414. The van der Waals surface area contributed by atoms with Gasteiger partial charge in [0.15, 0.2) is 0 Å². The van der Waals surface area contributed by atoms with Crippen molar-refractivity contribution in [3.8, 4) is 11.5 Å². The zero-order chi connectivity index (χ0) is 16.4. The highest BCUT2D eigenvalue weighted by atomic mass is 16.5. The molecule has 1 N–H and O–H groups in total. The lowest BCUT2D eigenvalue weighted by Gasteiger charge is -2.25. The number of benzodiazepines with no additional fused rings is 1. The van der Waals surface area contributed by atoms with Gasteiger partial charge < -0.3 is 14.7 Å². The minimum Gasteiger partial charge on any atom is -0.508 e. The first-order chi connectivity index (χ1) is 11.1. The molecule has 2 aromatic carbocycles. The fourth-order valence-electron chi connectivity index (χ4n) is 2.84. The summed E-state index contributed by atoms with van der Waals surface area (Å²) in [4.78, 5) is 6.93. The van der Waals surface area contributed by atoms with E-state index in [0.717, 1.165) is 40.5 Å². The fourth-order valence-corrected chi connectivity index (χ4v) is 2.84. The predicted molar refractivity (Wildman–Crippen MR) is 93.8 cm³/mol. The molecule has 4 heteroatoms. The van der Waals surface area contributed by atoms with Crippen molar-refractivity contribution in [3.63, 3.8) is 0 Å². The Morgan fingerprint density at radius 3 is 2.61 bits per heavy atom. The number of hydrogen-bond donors (Lipinski definition) is 1. The van der Waals surface area contributed by atoms with Crippen LogP contribution in [-0.2, 0) is 0 Å². The van der Waals surface area contributed by atoms with Crippen LogP contribution < -0.4 is 9.64 Å². The summed E-state index contributed by atoms with van der Waals surface area (Å²) in [7, 11) is 1.66. The van der Waals surface area contributed by atoms with Crippen LogP contribution in [0.5, 0.6) is 11.5 Å². The third-order valence-corrected chi connectivity index (χ3v) is 4.01. The molecule has 0 bridgehead atoms. The number of phenolic OH excluding ortho intramolecular Hbond substituents is 1. The second kappa shape index (κ2) is 6.16. The van der Waals surface area contributed by atoms with E-state index in [1.165, 1.54) is 0 Å². The Balaban J connectivity index is 2.20. The first-order valence-electron chi connectivity index (χ1n) is 7.61. The number of phenols is 1. The molecule has 1 aliphatic heterocycles. The van der Waals surface area contributed by atoms with Gasteiger partial charge in [0.2, 0.25) is 0 Å². The summed E-state index contributed by atoms with van der Waals surface area (Å²) in [5, 5.41) is 9.53. The van der Waals surface area contributed by atoms with Crippen LogP contribution in [0.2, 0.25) is 0 Å². The molecule has 0 aromatic heterocycles. The fraction of sp³-hybridized carbons (Fsp3) is 0.211. The molecule has 118 valence electrons. The van der Waals surface area contributed by atoms with E-state index >= 15 is 0 Å². The van der Waals surface area contributed by atoms with E-state index in [4.69, 9.17) is 9.73 Å². The maximum Gasteiger partial charge on any atom is 0.119 e. The van der Waals surface area contributed by atoms with Gasteiger partial charge in [-0.05, 0) is 49.4 Å². The number of nitrogens with zero attached hydrogens (tertiary/aromatic N) is 2. The molecular weight excluding hydrogens is 288 g/mol. The molecule has 1 aliphatic rings. The van der Waals surface area contributed by atoms with E-state index < -0.39 is 0 Å². The number of rotatable bonds is 3. The highest BCUT2D eigenvalue weighted by molar-refractivity contribution is 6.16. The van der Waals surface area contributed by atoms with Crippen molar-refractivity contribution in [1.82, 2.24) is 0 Å². The highest BCUT2D eigenvalue weighted by Crippen LogP contribution is 2.32. The Kier molecular flexibility index (Phi) is 4.06. The lowest BCUT2D eigenvalue weighted by atomic mass is 9.99. The minimum absolute atomic E-state index is 0.244. The first kappa shape index (κ1) is 15.2. The smallest absolute Gasteiger partial charge is 0.119 e. The quantitative estimate of drug-likeness (QED) is 0.942. The van der Waals surface area contributed by atoms with Crippen LogP contribution in [0.4, 0.5) is 5.69 Å². The van der Waals surface area contributed by atoms with Crippen LogP contribution in [0.3, 0.4) is 0 Å². The Labute approximate surface area is 136 Å². The van der Waals surface area contributed by atoms with Crippen LogP contribution in [-0.4, -0.2) is 31.0 Å². The molecule has 0 aliphatic carbocycles. The van der Waals surface area contributed by atoms with Gasteiger partial charge >= 0.3 is 0 Å². The van der Waals surface area contributed by atoms with Crippen molar-refractivity contribution in [2.24, 2.45) is 4.99 Å². The lowest BCUT2D eigenvalue weighted by Crippen LogP contribution is -2.23. The maximum atomic E-state index is 9.53. The van der Waals surface area contributed by atoms with Gasteiger partial charge in [-0.15, -0.1) is 0 Å². The minimum atomic E-state index is 0.244. The summed E-state index contributed by atoms with van der Waals surface area (Å²) >= 11 is 0. The van der Waals surface area contributed by atoms with E-state index in [9.17, 15) is 5.11 Å². The molecule has 0 saturated heterocycles. The molecule has 1 heterocycles. The van der Waals surface area contributed by atoms with Gasteiger partial charge in [-0.25, -0.2) is 0 Å². The van der Waals surface area contributed by atoms with E-state index in [0.29, 0.717) is 6.54 Å². The monoisotopic (exact) mass is 308 g/mol. The molecule has 0 atom stereocenters. The normalized spacial score (nSPS) is 14.1. The topological polar surface area (TPSA) is 45.1 Å². The van der Waals surface area contributed by atoms with Gasteiger partial charge in [0.1, 0.15) is 11.5 Å². The molecule has 23 heavy (non-hydrogen) atoms. The summed E-state index contributed by atoms with van der Waals surface area (Å²) in [6.45, 7) is 7.63. The van der Waals surface area contributed by atoms with Crippen LogP contribution in [0, 0.1) is 0 Å². The van der Waals surface area contributed by atoms with Gasteiger partial charge in [-0.2, -0.15) is 0 Å². The Morgan fingerprint density at radius 2 is 1.96 bits per heavy atom. The molecule has 4 nitrogen and oxygen atoms in total. The van der Waals surface area contributed by atoms with Gasteiger partial charge in [0.05, 0.1) is 25.1 Å². The summed E-state index contributed by atoms with van der Waals surface area (Å²) in [5.74, 6) is 1.03. The molecule has 0 fully saturated rings. The highest BCUT2D eigenvalue weighted by Gasteiger charge is 2.21. The maximum absolute atomic E-state index is 9.53. The number of methoxy groups -OCH3 is 1. The molecule has 2 aromatic rings. The molecule has 3 rings (SSSR count). The summed E-state index contributed by atoms with van der Waals surface area (Å²) in [6, 6.07) is 13.1. The molecule has 0 radical (unpaired) electrons. The third kappa shape index (κ3) is 2.80. The Morgan fingerprint density at radius 1 is 1.22 bits per heavy atom. The number of aliphatic imine (C=N–C) groups is 1. The average molecular weight is 308 g/mol. The summed E-state index contributed by atoms with van der Waals surface area (Å²) in [5.41, 5.74) is 4.89. The zero-order valence-corrected chi connectivity index (χ0v) is 13.4. The van der Waals surface area contributed by atoms with Crippen molar-refractivity contribution >= 4 is 11.4 Å². The molecule has 0 saturated carbocycles. The molecule has 0 spiro atoms. The van der Waals surface area contributed by atoms with Gasteiger partial charge in [0, 0.05) is 23.4 Å². The number of benzene rings is 2. The van der Waals surface area contributed by atoms with Crippen molar-refractivity contribution in [1.29, 1.82) is 0 Å².